The number of anilines is 1. The van der Waals surface area contributed by atoms with E-state index in [1.165, 1.54) is 50.8 Å². The van der Waals surface area contributed by atoms with E-state index in [0.29, 0.717) is 0 Å². The molecule has 3 rings (SSSR count). The molecule has 20 heavy (non-hydrogen) atoms. The molecule has 0 bridgehead atoms. The number of hydrogen-bond donors (Lipinski definition) is 1. The largest absolute Gasteiger partial charge is 0.399 e. The van der Waals surface area contributed by atoms with Gasteiger partial charge in [-0.15, -0.1) is 0 Å². The van der Waals surface area contributed by atoms with Gasteiger partial charge in [-0.05, 0) is 49.4 Å². The molecule has 1 heterocycles. The van der Waals surface area contributed by atoms with Crippen molar-refractivity contribution in [1.82, 2.24) is 4.90 Å². The topological polar surface area (TPSA) is 29.3 Å². The van der Waals surface area contributed by atoms with E-state index in [2.05, 4.69) is 30.9 Å². The molecule has 0 amide bonds. The Bertz CT molecular complexity index is 449. The minimum Gasteiger partial charge on any atom is -0.399 e. The van der Waals surface area contributed by atoms with Crippen LogP contribution in [0.1, 0.15) is 51.5 Å². The molecular weight excluding hydrogens is 244 g/mol. The first-order valence-electron chi connectivity index (χ1n) is 8.16. The third kappa shape index (κ3) is 2.71. The van der Waals surface area contributed by atoms with Gasteiger partial charge in [0.15, 0.2) is 0 Å². The smallest absolute Gasteiger partial charge is 0.0314 e. The van der Waals surface area contributed by atoms with Crippen molar-refractivity contribution >= 4 is 5.69 Å². The molecule has 2 N–H and O–H groups in total. The zero-order valence-electron chi connectivity index (χ0n) is 12.9. The van der Waals surface area contributed by atoms with E-state index in [4.69, 9.17) is 5.73 Å². The lowest BCUT2D eigenvalue weighted by Crippen LogP contribution is -2.42. The first kappa shape index (κ1) is 13.9. The molecular formula is C18H28N2. The number of hydrogen-bond acceptors (Lipinski definition) is 2. The van der Waals surface area contributed by atoms with Gasteiger partial charge in [0, 0.05) is 23.7 Å². The summed E-state index contributed by atoms with van der Waals surface area (Å²) >= 11 is 0. The van der Waals surface area contributed by atoms with Crippen molar-refractivity contribution in [3.63, 3.8) is 0 Å². The van der Waals surface area contributed by atoms with Gasteiger partial charge in [-0.2, -0.15) is 0 Å². The van der Waals surface area contributed by atoms with Crippen LogP contribution in [0.5, 0.6) is 0 Å². The number of nitrogens with zero attached hydrogens (tertiary/aromatic N) is 1. The molecule has 1 aromatic carbocycles. The molecule has 1 aliphatic carbocycles. The average Bonchev–Trinajstić information content (AvgIpc) is 2.82. The lowest BCUT2D eigenvalue weighted by molar-refractivity contribution is 0.155. The summed E-state index contributed by atoms with van der Waals surface area (Å²) in [7, 11) is 0. The number of nitrogen functional groups attached to an aromatic ring is 1. The third-order valence-electron chi connectivity index (χ3n) is 5.42. The molecule has 1 aromatic rings. The Balaban J connectivity index is 1.71. The van der Waals surface area contributed by atoms with E-state index < -0.39 is 0 Å². The Morgan fingerprint density at radius 3 is 2.55 bits per heavy atom. The standard InChI is InChI=1S/C18H28N2/c1-18(2,15-7-9-16(19)10-8-15)13-20-12-11-14-5-3-4-6-17(14)20/h7-10,14,17H,3-6,11-13,19H2,1-2H3. The molecule has 1 aliphatic heterocycles. The maximum absolute atomic E-state index is 5.81. The van der Waals surface area contributed by atoms with E-state index in [1.807, 2.05) is 12.1 Å². The van der Waals surface area contributed by atoms with E-state index in [9.17, 15) is 0 Å². The Kier molecular flexibility index (Phi) is 3.76. The van der Waals surface area contributed by atoms with Crippen LogP contribution in [-0.2, 0) is 5.41 Å². The quantitative estimate of drug-likeness (QED) is 0.848. The van der Waals surface area contributed by atoms with Gasteiger partial charge < -0.3 is 5.73 Å². The van der Waals surface area contributed by atoms with Crippen molar-refractivity contribution in [2.45, 2.75) is 57.4 Å². The van der Waals surface area contributed by atoms with Crippen LogP contribution in [0.3, 0.4) is 0 Å². The monoisotopic (exact) mass is 272 g/mol. The number of fused-ring (bicyclic) bond motifs is 1. The van der Waals surface area contributed by atoms with E-state index in [1.54, 1.807) is 0 Å². The molecule has 2 heteroatoms. The summed E-state index contributed by atoms with van der Waals surface area (Å²) in [4.78, 5) is 2.76. The van der Waals surface area contributed by atoms with Gasteiger partial charge in [0.1, 0.15) is 0 Å². The molecule has 2 unspecified atom stereocenters. The third-order valence-corrected chi connectivity index (χ3v) is 5.42. The van der Waals surface area contributed by atoms with Crippen molar-refractivity contribution < 1.29 is 0 Å². The molecule has 1 saturated heterocycles. The predicted molar refractivity (Wildman–Crippen MR) is 85.8 cm³/mol. The van der Waals surface area contributed by atoms with Crippen LogP contribution in [0, 0.1) is 5.92 Å². The molecule has 2 aliphatic rings. The summed E-state index contributed by atoms with van der Waals surface area (Å²) in [6.45, 7) is 7.22. The summed E-state index contributed by atoms with van der Waals surface area (Å²) in [5.74, 6) is 0.978. The fraction of sp³-hybridized carbons (Fsp3) is 0.667. The lowest BCUT2D eigenvalue weighted by atomic mass is 9.82. The van der Waals surface area contributed by atoms with Crippen LogP contribution in [0.15, 0.2) is 24.3 Å². The van der Waals surface area contributed by atoms with Crippen LogP contribution in [0.25, 0.3) is 0 Å². The normalized spacial score (nSPS) is 27.5. The highest BCUT2D eigenvalue weighted by molar-refractivity contribution is 5.41. The zero-order chi connectivity index (χ0) is 14.2. The fourth-order valence-corrected chi connectivity index (χ4v) is 4.23. The summed E-state index contributed by atoms with van der Waals surface area (Å²) in [6, 6.07) is 9.32. The highest BCUT2D eigenvalue weighted by Gasteiger charge is 2.38. The van der Waals surface area contributed by atoms with Gasteiger partial charge >= 0.3 is 0 Å². The predicted octanol–water partition coefficient (Wildman–Crippen LogP) is 3.81. The van der Waals surface area contributed by atoms with Gasteiger partial charge in [0.2, 0.25) is 0 Å². The highest BCUT2D eigenvalue weighted by atomic mass is 15.2. The summed E-state index contributed by atoms with van der Waals surface area (Å²) < 4.78 is 0. The molecule has 1 saturated carbocycles. The average molecular weight is 272 g/mol. The Labute approximate surface area is 123 Å². The van der Waals surface area contributed by atoms with Crippen LogP contribution in [0.4, 0.5) is 5.69 Å². The van der Waals surface area contributed by atoms with Crippen LogP contribution < -0.4 is 5.73 Å². The van der Waals surface area contributed by atoms with E-state index in [-0.39, 0.29) is 5.41 Å². The van der Waals surface area contributed by atoms with Crippen molar-refractivity contribution in [1.29, 1.82) is 0 Å². The van der Waals surface area contributed by atoms with Gasteiger partial charge in [-0.3, -0.25) is 4.90 Å². The molecule has 0 radical (unpaired) electrons. The number of nitrogens with two attached hydrogens (primary N) is 1. The summed E-state index contributed by atoms with van der Waals surface area (Å²) in [5, 5.41) is 0. The number of rotatable bonds is 3. The summed E-state index contributed by atoms with van der Waals surface area (Å²) in [6.07, 6.45) is 7.19. The van der Waals surface area contributed by atoms with Crippen molar-refractivity contribution in [3.8, 4) is 0 Å². The molecule has 0 aromatic heterocycles. The van der Waals surface area contributed by atoms with Crippen molar-refractivity contribution in [2.75, 3.05) is 18.8 Å². The van der Waals surface area contributed by atoms with Crippen LogP contribution in [0.2, 0.25) is 0 Å². The molecule has 0 spiro atoms. The van der Waals surface area contributed by atoms with Crippen molar-refractivity contribution in [3.05, 3.63) is 29.8 Å². The second kappa shape index (κ2) is 5.40. The number of likely N-dealkylation sites (tertiary alicyclic amines) is 1. The molecule has 110 valence electrons. The first-order chi connectivity index (χ1) is 9.56. The maximum atomic E-state index is 5.81. The van der Waals surface area contributed by atoms with Gasteiger partial charge in [0.25, 0.3) is 0 Å². The SMILES string of the molecule is CC(C)(CN1CCC2CCCCC21)c1ccc(N)cc1. The molecule has 2 fully saturated rings. The highest BCUT2D eigenvalue weighted by Crippen LogP contribution is 2.38. The minimum atomic E-state index is 0.208. The maximum Gasteiger partial charge on any atom is 0.0314 e. The van der Waals surface area contributed by atoms with Crippen LogP contribution in [-0.4, -0.2) is 24.0 Å². The van der Waals surface area contributed by atoms with Crippen LogP contribution >= 0.6 is 0 Å². The Morgan fingerprint density at radius 1 is 1.10 bits per heavy atom. The Morgan fingerprint density at radius 2 is 1.80 bits per heavy atom. The Hall–Kier alpha value is -1.02. The molecule has 2 nitrogen and oxygen atoms in total. The second-order valence-corrected chi connectivity index (χ2v) is 7.38. The van der Waals surface area contributed by atoms with Gasteiger partial charge in [-0.25, -0.2) is 0 Å². The van der Waals surface area contributed by atoms with Gasteiger partial charge in [0.05, 0.1) is 0 Å². The summed E-state index contributed by atoms with van der Waals surface area (Å²) in [5.41, 5.74) is 8.29. The van der Waals surface area contributed by atoms with Crippen molar-refractivity contribution in [2.24, 2.45) is 5.92 Å². The molecule has 2 atom stereocenters. The van der Waals surface area contributed by atoms with E-state index >= 15 is 0 Å². The minimum absolute atomic E-state index is 0.208. The van der Waals surface area contributed by atoms with Gasteiger partial charge in [-0.1, -0.05) is 38.8 Å². The first-order valence-corrected chi connectivity index (χ1v) is 8.16. The number of benzene rings is 1. The zero-order valence-corrected chi connectivity index (χ0v) is 12.9. The fourth-order valence-electron chi connectivity index (χ4n) is 4.23. The van der Waals surface area contributed by atoms with E-state index in [0.717, 1.165) is 17.6 Å². The second-order valence-electron chi connectivity index (χ2n) is 7.38. The lowest BCUT2D eigenvalue weighted by Gasteiger charge is -2.37.